The highest BCUT2D eigenvalue weighted by Gasteiger charge is 2.08. The lowest BCUT2D eigenvalue weighted by atomic mass is 10.5. The van der Waals surface area contributed by atoms with Gasteiger partial charge in [-0.05, 0) is 11.6 Å². The van der Waals surface area contributed by atoms with Crippen molar-refractivity contribution in [2.24, 2.45) is 0 Å². The van der Waals surface area contributed by atoms with Crippen LogP contribution >= 0.6 is 11.6 Å². The normalized spacial score (nSPS) is 9.87. The average molecular weight is 222 g/mol. The van der Waals surface area contributed by atoms with Crippen LogP contribution in [-0.4, -0.2) is 24.7 Å². The summed E-state index contributed by atoms with van der Waals surface area (Å²) in [5.41, 5.74) is 5.92. The molecule has 74 valence electrons. The number of nitrogens with two attached hydrogens (primary N) is 1. The van der Waals surface area contributed by atoms with Crippen molar-refractivity contribution in [2.45, 2.75) is 0 Å². The van der Waals surface area contributed by atoms with E-state index in [1.807, 2.05) is 0 Å². The van der Waals surface area contributed by atoms with Crippen LogP contribution in [0.4, 0.5) is 5.69 Å². The Morgan fingerprint density at radius 1 is 1.47 bits per heavy atom. The molecule has 0 aliphatic carbocycles. The van der Waals surface area contributed by atoms with E-state index in [2.05, 4.69) is 20.1 Å². The van der Waals surface area contributed by atoms with Gasteiger partial charge in [0.05, 0.1) is 11.9 Å². The van der Waals surface area contributed by atoms with Crippen LogP contribution in [0.3, 0.4) is 0 Å². The molecule has 0 saturated carbocycles. The highest BCUT2D eigenvalue weighted by atomic mass is 35.5. The van der Waals surface area contributed by atoms with Crippen molar-refractivity contribution in [3.05, 3.63) is 23.6 Å². The summed E-state index contributed by atoms with van der Waals surface area (Å²) in [6.45, 7) is 0. The second kappa shape index (κ2) is 3.51. The van der Waals surface area contributed by atoms with Gasteiger partial charge in [-0.25, -0.2) is 9.97 Å². The van der Waals surface area contributed by atoms with Crippen molar-refractivity contribution in [1.29, 1.82) is 5.26 Å². The summed E-state index contributed by atoms with van der Waals surface area (Å²) in [6.07, 6.45) is 2.69. The third-order valence-corrected chi connectivity index (χ3v) is 1.76. The van der Waals surface area contributed by atoms with Crippen LogP contribution in [0.2, 0.25) is 5.28 Å². The highest BCUT2D eigenvalue weighted by molar-refractivity contribution is 6.28. The lowest BCUT2D eigenvalue weighted by Gasteiger charge is -2.02. The minimum atomic E-state index is 0.0316. The summed E-state index contributed by atoms with van der Waals surface area (Å²) in [5.74, 6) is 0.327. The molecule has 8 heteroatoms. The zero-order valence-corrected chi connectivity index (χ0v) is 8.05. The van der Waals surface area contributed by atoms with E-state index < -0.39 is 0 Å². The van der Waals surface area contributed by atoms with E-state index in [0.717, 1.165) is 0 Å². The number of hydrogen-bond donors (Lipinski definition) is 1. The molecule has 0 aliphatic rings. The van der Waals surface area contributed by atoms with E-state index in [1.54, 1.807) is 6.07 Å². The molecule has 0 aliphatic heterocycles. The molecule has 0 unspecified atom stereocenters. The number of aromatic nitrogens is 5. The van der Waals surface area contributed by atoms with Crippen molar-refractivity contribution in [2.75, 3.05) is 5.73 Å². The van der Waals surface area contributed by atoms with Gasteiger partial charge < -0.3 is 5.73 Å². The predicted octanol–water partition coefficient (Wildman–Crippen LogP) is 0.165. The summed E-state index contributed by atoms with van der Waals surface area (Å²) in [5, 5.41) is 12.4. The molecule has 2 aromatic heterocycles. The Morgan fingerprint density at radius 2 is 2.27 bits per heavy atom. The lowest BCUT2D eigenvalue weighted by Crippen LogP contribution is -2.04. The van der Waals surface area contributed by atoms with Crippen molar-refractivity contribution in [1.82, 2.24) is 24.7 Å². The second-order valence-corrected chi connectivity index (χ2v) is 2.88. The van der Waals surface area contributed by atoms with E-state index in [-0.39, 0.29) is 11.1 Å². The van der Waals surface area contributed by atoms with E-state index in [9.17, 15) is 0 Å². The van der Waals surface area contributed by atoms with Gasteiger partial charge in [0.1, 0.15) is 12.4 Å². The molecule has 7 nitrogen and oxygen atoms in total. The Labute approximate surface area is 89.2 Å². The Balaban J connectivity index is 2.54. The van der Waals surface area contributed by atoms with Crippen LogP contribution < -0.4 is 5.73 Å². The first kappa shape index (κ1) is 9.36. The summed E-state index contributed by atoms with van der Waals surface area (Å²) in [4.78, 5) is 11.3. The molecule has 2 N–H and O–H groups in total. The first-order valence-electron chi connectivity index (χ1n) is 3.81. The summed E-state index contributed by atoms with van der Waals surface area (Å²) >= 11 is 5.60. The first-order chi connectivity index (χ1) is 7.20. The minimum Gasteiger partial charge on any atom is -0.394 e. The average Bonchev–Trinajstić information content (AvgIpc) is 2.70. The molecule has 0 fully saturated rings. The third kappa shape index (κ3) is 1.70. The molecule has 0 bridgehead atoms. The van der Waals surface area contributed by atoms with Crippen LogP contribution in [0, 0.1) is 11.3 Å². The molecule has 15 heavy (non-hydrogen) atoms. The van der Waals surface area contributed by atoms with E-state index in [4.69, 9.17) is 22.6 Å². The largest absolute Gasteiger partial charge is 0.394 e. The molecule has 0 atom stereocenters. The van der Waals surface area contributed by atoms with Crippen LogP contribution in [0.15, 0.2) is 12.5 Å². The number of hydrogen-bond acceptors (Lipinski definition) is 6. The maximum Gasteiger partial charge on any atom is 0.252 e. The van der Waals surface area contributed by atoms with Crippen molar-refractivity contribution in [3.63, 3.8) is 0 Å². The SMILES string of the molecule is N#Cc1ncn(-c2nc(Cl)ncc2N)n1. The fourth-order valence-corrected chi connectivity index (χ4v) is 1.09. The van der Waals surface area contributed by atoms with Gasteiger partial charge in [-0.15, -0.1) is 5.10 Å². The van der Waals surface area contributed by atoms with Crippen LogP contribution in [0.25, 0.3) is 5.82 Å². The van der Waals surface area contributed by atoms with Crippen molar-refractivity contribution in [3.8, 4) is 11.9 Å². The Kier molecular flexibility index (Phi) is 2.19. The number of rotatable bonds is 1. The number of halogens is 1. The minimum absolute atomic E-state index is 0.0316. The van der Waals surface area contributed by atoms with Crippen LogP contribution in [-0.2, 0) is 0 Å². The summed E-state index contributed by atoms with van der Waals surface area (Å²) in [6, 6.07) is 1.79. The second-order valence-electron chi connectivity index (χ2n) is 2.54. The molecular formula is C7H4ClN7. The fraction of sp³-hybridized carbons (Fsp3) is 0. The van der Waals surface area contributed by atoms with E-state index in [1.165, 1.54) is 17.2 Å². The monoisotopic (exact) mass is 221 g/mol. The summed E-state index contributed by atoms with van der Waals surface area (Å²) < 4.78 is 1.27. The molecule has 2 aromatic rings. The molecule has 0 aromatic carbocycles. The highest BCUT2D eigenvalue weighted by Crippen LogP contribution is 2.13. The van der Waals surface area contributed by atoms with Gasteiger partial charge in [0.25, 0.3) is 5.82 Å². The zero-order valence-electron chi connectivity index (χ0n) is 7.29. The fourth-order valence-electron chi connectivity index (χ4n) is 0.961. The quantitative estimate of drug-likeness (QED) is 0.688. The molecule has 0 radical (unpaired) electrons. The van der Waals surface area contributed by atoms with Gasteiger partial charge in [0, 0.05) is 0 Å². The molecule has 2 rings (SSSR count). The van der Waals surface area contributed by atoms with Crippen LogP contribution in [0.1, 0.15) is 5.82 Å². The molecular weight excluding hydrogens is 218 g/mol. The van der Waals surface area contributed by atoms with Gasteiger partial charge >= 0.3 is 0 Å². The van der Waals surface area contributed by atoms with Gasteiger partial charge in [0.2, 0.25) is 5.28 Å². The van der Waals surface area contributed by atoms with Crippen LogP contribution in [0.5, 0.6) is 0 Å². The molecule has 0 saturated heterocycles. The summed E-state index contributed by atoms with van der Waals surface area (Å²) in [7, 11) is 0. The number of nitrogen functional groups attached to an aromatic ring is 1. The Morgan fingerprint density at radius 3 is 2.93 bits per heavy atom. The van der Waals surface area contributed by atoms with Gasteiger partial charge in [-0.2, -0.15) is 14.9 Å². The van der Waals surface area contributed by atoms with Crippen molar-refractivity contribution < 1.29 is 0 Å². The number of anilines is 1. The maximum atomic E-state index is 8.54. The Hall–Kier alpha value is -2.20. The van der Waals surface area contributed by atoms with E-state index >= 15 is 0 Å². The Bertz CT molecular complexity index is 541. The third-order valence-electron chi connectivity index (χ3n) is 1.58. The molecule has 0 spiro atoms. The van der Waals surface area contributed by atoms with Crippen molar-refractivity contribution >= 4 is 17.3 Å². The van der Waals surface area contributed by atoms with E-state index in [0.29, 0.717) is 11.5 Å². The number of nitrogens with zero attached hydrogens (tertiary/aromatic N) is 6. The van der Waals surface area contributed by atoms with Gasteiger partial charge in [-0.1, -0.05) is 0 Å². The maximum absolute atomic E-state index is 8.54. The predicted molar refractivity (Wildman–Crippen MR) is 51.1 cm³/mol. The molecule has 0 amide bonds. The first-order valence-corrected chi connectivity index (χ1v) is 4.18. The molecule has 2 heterocycles. The van der Waals surface area contributed by atoms with Gasteiger partial charge in [0.15, 0.2) is 5.82 Å². The van der Waals surface area contributed by atoms with Gasteiger partial charge in [-0.3, -0.25) is 0 Å². The topological polar surface area (TPSA) is 106 Å². The lowest BCUT2D eigenvalue weighted by molar-refractivity contribution is 0.836. The smallest absolute Gasteiger partial charge is 0.252 e. The number of nitriles is 1. The standard InChI is InChI=1S/C7H4ClN7/c8-7-11-2-4(10)6(13-7)15-3-12-5(1-9)14-15/h2-3H,10H2. The zero-order chi connectivity index (χ0) is 10.8.